The Morgan fingerprint density at radius 3 is 1.92 bits per heavy atom. The summed E-state index contributed by atoms with van der Waals surface area (Å²) in [4.78, 5) is 14.6. The minimum absolute atomic E-state index is 0.127. The van der Waals surface area contributed by atoms with Gasteiger partial charge < -0.3 is 9.84 Å². The molecule has 1 N–H and O–H groups in total. The molecule has 0 fully saturated rings. The van der Waals surface area contributed by atoms with Gasteiger partial charge in [0.05, 0.1) is 16.2 Å². The third-order valence-corrected chi connectivity index (χ3v) is 6.57. The maximum atomic E-state index is 9.72. The Balaban J connectivity index is 1.12. The molecule has 196 valence electrons. The van der Waals surface area contributed by atoms with Crippen LogP contribution in [0.25, 0.3) is 22.4 Å². The van der Waals surface area contributed by atoms with E-state index in [2.05, 4.69) is 73.5 Å². The normalized spacial score (nSPS) is 11.1. The van der Waals surface area contributed by atoms with E-state index in [1.54, 1.807) is 12.1 Å². The van der Waals surface area contributed by atoms with Crippen molar-refractivity contribution < 1.29 is 9.84 Å². The molecule has 0 aliphatic heterocycles. The molecule has 0 aliphatic carbocycles. The summed E-state index contributed by atoms with van der Waals surface area (Å²) in [6.07, 6.45) is 6.68. The van der Waals surface area contributed by atoms with Crippen LogP contribution in [0.15, 0.2) is 85.6 Å². The molecule has 0 spiro atoms. The second kappa shape index (κ2) is 12.2. The van der Waals surface area contributed by atoms with E-state index in [0.717, 1.165) is 29.8 Å². The molecule has 2 aromatic heterocycles. The summed E-state index contributed by atoms with van der Waals surface area (Å²) in [6.45, 7) is 1.96. The Morgan fingerprint density at radius 1 is 0.744 bits per heavy atom. The molecule has 10 heteroatoms. The molecule has 0 amide bonds. The lowest BCUT2D eigenvalue weighted by atomic mass is 10.1. The number of nitrogens with zero attached hydrogens (tertiary/aromatic N) is 6. The molecule has 0 saturated heterocycles. The van der Waals surface area contributed by atoms with Crippen LogP contribution >= 0.6 is 23.2 Å². The highest BCUT2D eigenvalue weighted by atomic mass is 35.5. The molecular weight excluding hydrogens is 535 g/mol. The topological polar surface area (TPSA) is 97.2 Å². The summed E-state index contributed by atoms with van der Waals surface area (Å²) in [5, 5.41) is 18.1. The van der Waals surface area contributed by atoms with Crippen molar-refractivity contribution in [2.75, 3.05) is 7.05 Å². The van der Waals surface area contributed by atoms with E-state index in [1.807, 2.05) is 24.5 Å². The number of hydrogen-bond donors (Lipinski definition) is 1. The number of benzene rings is 3. The van der Waals surface area contributed by atoms with Gasteiger partial charge in [0.25, 0.3) is 0 Å². The first-order chi connectivity index (χ1) is 18.9. The highest BCUT2D eigenvalue weighted by molar-refractivity contribution is 6.37. The van der Waals surface area contributed by atoms with Gasteiger partial charge in [0.15, 0.2) is 5.75 Å². The quantitative estimate of drug-likeness (QED) is 0.227. The van der Waals surface area contributed by atoms with E-state index in [9.17, 15) is 5.11 Å². The van der Waals surface area contributed by atoms with Gasteiger partial charge in [0.1, 0.15) is 18.6 Å². The fourth-order valence-corrected chi connectivity index (χ4v) is 4.48. The van der Waals surface area contributed by atoms with Crippen LogP contribution in [0.2, 0.25) is 10.0 Å². The number of halogens is 2. The van der Waals surface area contributed by atoms with Crippen LogP contribution < -0.4 is 4.74 Å². The first-order valence-electron chi connectivity index (χ1n) is 12.1. The molecule has 0 atom stereocenters. The van der Waals surface area contributed by atoms with Crippen molar-refractivity contribution in [3.05, 3.63) is 112 Å². The molecule has 5 aromatic rings. The zero-order valence-corrected chi connectivity index (χ0v) is 22.5. The zero-order chi connectivity index (χ0) is 27.2. The summed E-state index contributed by atoms with van der Waals surface area (Å²) < 4.78 is 5.70. The summed E-state index contributed by atoms with van der Waals surface area (Å²) in [7, 11) is 2.10. The monoisotopic (exact) mass is 558 g/mol. The van der Waals surface area contributed by atoms with Crippen LogP contribution in [0.1, 0.15) is 16.7 Å². The third-order valence-electron chi connectivity index (χ3n) is 6.00. The summed E-state index contributed by atoms with van der Waals surface area (Å²) in [5.41, 5.74) is 6.59. The van der Waals surface area contributed by atoms with Crippen molar-refractivity contribution in [2.45, 2.75) is 19.7 Å². The molecule has 0 radical (unpaired) electrons. The second-order valence-electron chi connectivity index (χ2n) is 9.02. The lowest BCUT2D eigenvalue weighted by Gasteiger charge is -2.17. The van der Waals surface area contributed by atoms with E-state index < -0.39 is 0 Å². The smallest absolute Gasteiger partial charge is 0.336 e. The predicted molar refractivity (Wildman–Crippen MR) is 150 cm³/mol. The zero-order valence-electron chi connectivity index (χ0n) is 21.0. The second-order valence-corrected chi connectivity index (χ2v) is 9.83. The number of phenolic OH excluding ortho intramolecular Hbond substituents is 1. The molecule has 0 bridgehead atoms. The standard InChI is InChI=1S/C29H24Cl2N6O2/c1-37(16-20-6-8-22(9-7-20)24-12-32-18-33-13-24)15-19-2-4-21(5-3-19)17-39-29-34-14-27(35-36-29)23-10-25(30)28(38)26(31)11-23/h2-14,18,38H,15-17H2,1H3. The van der Waals surface area contributed by atoms with E-state index in [0.29, 0.717) is 17.9 Å². The van der Waals surface area contributed by atoms with E-state index in [1.165, 1.54) is 23.7 Å². The van der Waals surface area contributed by atoms with E-state index in [4.69, 9.17) is 27.9 Å². The maximum absolute atomic E-state index is 9.72. The van der Waals surface area contributed by atoms with Crippen molar-refractivity contribution in [3.8, 4) is 34.1 Å². The average molecular weight is 559 g/mol. The fraction of sp³-hybridized carbons (Fsp3) is 0.138. The van der Waals surface area contributed by atoms with Crippen LogP contribution in [0.5, 0.6) is 11.8 Å². The molecule has 0 saturated carbocycles. The molecule has 0 unspecified atom stereocenters. The Labute approximate surface area is 235 Å². The van der Waals surface area contributed by atoms with E-state index >= 15 is 0 Å². The van der Waals surface area contributed by atoms with Gasteiger partial charge in [-0.05, 0) is 41.4 Å². The van der Waals surface area contributed by atoms with Crippen LogP contribution in [0, 0.1) is 0 Å². The lowest BCUT2D eigenvalue weighted by Crippen LogP contribution is -2.17. The Kier molecular flexibility index (Phi) is 8.27. The Morgan fingerprint density at radius 2 is 1.33 bits per heavy atom. The highest BCUT2D eigenvalue weighted by Crippen LogP contribution is 2.35. The van der Waals surface area contributed by atoms with Gasteiger partial charge in [0.2, 0.25) is 0 Å². The molecular formula is C29H24Cl2N6O2. The van der Waals surface area contributed by atoms with Crippen LogP contribution in [0.3, 0.4) is 0 Å². The molecule has 2 heterocycles. The number of ether oxygens (including phenoxy) is 1. The van der Waals surface area contributed by atoms with Gasteiger partial charge in [-0.1, -0.05) is 76.8 Å². The summed E-state index contributed by atoms with van der Waals surface area (Å²) >= 11 is 12.0. The largest absolute Gasteiger partial charge is 0.505 e. The molecule has 0 aliphatic rings. The highest BCUT2D eigenvalue weighted by Gasteiger charge is 2.11. The summed E-state index contributed by atoms with van der Waals surface area (Å²) in [6, 6.07) is 20.0. The van der Waals surface area contributed by atoms with Gasteiger partial charge in [-0.3, -0.25) is 4.90 Å². The van der Waals surface area contributed by atoms with Crippen molar-refractivity contribution in [3.63, 3.8) is 0 Å². The molecule has 3 aromatic carbocycles. The van der Waals surface area contributed by atoms with Gasteiger partial charge in [-0.25, -0.2) is 15.0 Å². The lowest BCUT2D eigenvalue weighted by molar-refractivity contribution is 0.276. The van der Waals surface area contributed by atoms with Gasteiger partial charge >= 0.3 is 6.01 Å². The number of phenols is 1. The Hall–Kier alpha value is -4.11. The van der Waals surface area contributed by atoms with Crippen LogP contribution in [-0.2, 0) is 19.7 Å². The fourth-order valence-electron chi connectivity index (χ4n) is 4.00. The number of rotatable bonds is 9. The minimum atomic E-state index is -0.175. The van der Waals surface area contributed by atoms with Crippen molar-refractivity contribution >= 4 is 23.2 Å². The first kappa shape index (κ1) is 26.5. The average Bonchev–Trinajstić information content (AvgIpc) is 2.96. The maximum Gasteiger partial charge on any atom is 0.336 e. The van der Waals surface area contributed by atoms with E-state index in [-0.39, 0.29) is 21.8 Å². The minimum Gasteiger partial charge on any atom is -0.505 e. The first-order valence-corrected chi connectivity index (χ1v) is 12.8. The number of aromatic hydroxyl groups is 1. The van der Waals surface area contributed by atoms with Gasteiger partial charge in [-0.2, -0.15) is 0 Å². The molecule has 8 nitrogen and oxygen atoms in total. The van der Waals surface area contributed by atoms with Gasteiger partial charge in [-0.15, -0.1) is 5.10 Å². The number of aromatic nitrogens is 5. The summed E-state index contributed by atoms with van der Waals surface area (Å²) in [5.74, 6) is -0.175. The van der Waals surface area contributed by atoms with Crippen LogP contribution in [0.4, 0.5) is 0 Å². The molecule has 39 heavy (non-hydrogen) atoms. The van der Waals surface area contributed by atoms with Gasteiger partial charge in [0, 0.05) is 36.6 Å². The van der Waals surface area contributed by atoms with Crippen molar-refractivity contribution in [1.29, 1.82) is 0 Å². The van der Waals surface area contributed by atoms with Crippen molar-refractivity contribution in [1.82, 2.24) is 30.0 Å². The predicted octanol–water partition coefficient (Wildman–Crippen LogP) is 6.22. The SMILES string of the molecule is CN(Cc1ccc(COc2ncc(-c3cc(Cl)c(O)c(Cl)c3)nn2)cc1)Cc1ccc(-c2cncnc2)cc1. The molecule has 5 rings (SSSR count). The van der Waals surface area contributed by atoms with Crippen LogP contribution in [-0.4, -0.2) is 42.2 Å². The third kappa shape index (κ3) is 6.86. The van der Waals surface area contributed by atoms with Crippen molar-refractivity contribution in [2.24, 2.45) is 0 Å². The number of hydrogen-bond acceptors (Lipinski definition) is 8. The Bertz CT molecular complexity index is 1510.